The lowest BCUT2D eigenvalue weighted by Gasteiger charge is -2.14. The van der Waals surface area contributed by atoms with Crippen molar-refractivity contribution in [2.24, 2.45) is 0 Å². The summed E-state index contributed by atoms with van der Waals surface area (Å²) in [4.78, 5) is 10.8. The number of hydrogen-bond acceptors (Lipinski definition) is 2. The minimum Gasteiger partial charge on any atom is -0.309 e. The highest BCUT2D eigenvalue weighted by atomic mass is 15.0. The van der Waals surface area contributed by atoms with E-state index in [-0.39, 0.29) is 0 Å². The van der Waals surface area contributed by atoms with Gasteiger partial charge >= 0.3 is 0 Å². The van der Waals surface area contributed by atoms with Gasteiger partial charge in [-0.15, -0.1) is 0 Å². The van der Waals surface area contributed by atoms with Crippen molar-refractivity contribution < 1.29 is 0 Å². The molecule has 0 aliphatic carbocycles. The summed E-state index contributed by atoms with van der Waals surface area (Å²) >= 11 is 0. The molecule has 11 rings (SSSR count). The van der Waals surface area contributed by atoms with Crippen molar-refractivity contribution in [2.45, 2.75) is 0 Å². The second-order valence-electron chi connectivity index (χ2n) is 14.2. The molecule has 0 radical (unpaired) electrons. The molecule has 2 heterocycles. The van der Waals surface area contributed by atoms with Crippen molar-refractivity contribution in [3.05, 3.63) is 200 Å². The van der Waals surface area contributed by atoms with Crippen molar-refractivity contribution in [2.75, 3.05) is 0 Å². The van der Waals surface area contributed by atoms with E-state index in [1.165, 1.54) is 49.0 Å². The highest BCUT2D eigenvalue weighted by Crippen LogP contribution is 2.44. The molecule has 0 bridgehead atoms. The zero-order valence-corrected chi connectivity index (χ0v) is 29.9. The van der Waals surface area contributed by atoms with Gasteiger partial charge in [0.1, 0.15) is 0 Å². The fourth-order valence-corrected chi connectivity index (χ4v) is 8.43. The molecule has 0 aliphatic rings. The maximum Gasteiger partial charge on any atom is 0.0973 e. The molecule has 0 spiro atoms. The SMILES string of the molecule is c1ccc(-c2cccc(-c3nc4cc(-n5c6ccc7ccccc7c6c6c7ccccc7c(-c7ccccc7)cc65)ccc4nc3-c3ccccc3)c2)cc1. The fourth-order valence-electron chi connectivity index (χ4n) is 8.43. The van der Waals surface area contributed by atoms with Gasteiger partial charge in [0.05, 0.1) is 33.5 Å². The van der Waals surface area contributed by atoms with Crippen LogP contribution in [0.4, 0.5) is 0 Å². The average molecular weight is 700 g/mol. The van der Waals surface area contributed by atoms with Crippen molar-refractivity contribution >= 4 is 54.4 Å². The van der Waals surface area contributed by atoms with Gasteiger partial charge in [0.15, 0.2) is 0 Å². The Kier molecular flexibility index (Phi) is 7.17. The molecule has 3 heteroatoms. The zero-order chi connectivity index (χ0) is 36.3. The highest BCUT2D eigenvalue weighted by molar-refractivity contribution is 6.30. The summed E-state index contributed by atoms with van der Waals surface area (Å²) in [5, 5.41) is 7.47. The van der Waals surface area contributed by atoms with E-state index < -0.39 is 0 Å². The first-order valence-electron chi connectivity index (χ1n) is 18.7. The number of rotatable bonds is 5. The monoisotopic (exact) mass is 699 g/mol. The van der Waals surface area contributed by atoms with E-state index in [0.717, 1.165) is 55.8 Å². The molecular weight excluding hydrogens is 667 g/mol. The topological polar surface area (TPSA) is 30.7 Å². The van der Waals surface area contributed by atoms with Crippen molar-refractivity contribution in [1.82, 2.24) is 14.5 Å². The Balaban J connectivity index is 1.21. The lowest BCUT2D eigenvalue weighted by atomic mass is 9.94. The van der Waals surface area contributed by atoms with Crippen LogP contribution >= 0.6 is 0 Å². The summed E-state index contributed by atoms with van der Waals surface area (Å²) < 4.78 is 2.43. The first-order valence-corrected chi connectivity index (χ1v) is 18.7. The van der Waals surface area contributed by atoms with Gasteiger partial charge in [-0.3, -0.25) is 0 Å². The molecule has 9 aromatic carbocycles. The van der Waals surface area contributed by atoms with E-state index >= 15 is 0 Å². The number of nitrogens with zero attached hydrogens (tertiary/aromatic N) is 3. The Labute approximate surface area is 318 Å². The molecule has 0 amide bonds. The molecule has 0 aliphatic heterocycles. The molecule has 11 aromatic rings. The first-order chi connectivity index (χ1) is 27.3. The quantitative estimate of drug-likeness (QED) is 0.179. The van der Waals surface area contributed by atoms with Crippen LogP contribution in [-0.2, 0) is 0 Å². The normalized spacial score (nSPS) is 11.6. The van der Waals surface area contributed by atoms with Gasteiger partial charge in [0, 0.05) is 27.6 Å². The molecule has 0 fully saturated rings. The molecular formula is C52H33N3. The third kappa shape index (κ3) is 5.13. The molecule has 0 saturated heterocycles. The Morgan fingerprint density at radius 2 is 0.909 bits per heavy atom. The van der Waals surface area contributed by atoms with Crippen LogP contribution in [0.1, 0.15) is 0 Å². The van der Waals surface area contributed by atoms with Crippen LogP contribution in [0.25, 0.3) is 105 Å². The summed E-state index contributed by atoms with van der Waals surface area (Å²) in [7, 11) is 0. The van der Waals surface area contributed by atoms with E-state index in [0.29, 0.717) is 0 Å². The Morgan fingerprint density at radius 3 is 1.69 bits per heavy atom. The van der Waals surface area contributed by atoms with Crippen LogP contribution < -0.4 is 0 Å². The summed E-state index contributed by atoms with van der Waals surface area (Å²) in [6.07, 6.45) is 0. The second-order valence-corrected chi connectivity index (χ2v) is 14.2. The zero-order valence-electron chi connectivity index (χ0n) is 29.9. The van der Waals surface area contributed by atoms with E-state index in [4.69, 9.17) is 9.97 Å². The maximum atomic E-state index is 5.48. The number of hydrogen-bond donors (Lipinski definition) is 0. The van der Waals surface area contributed by atoms with Crippen LogP contribution in [-0.4, -0.2) is 14.5 Å². The number of aromatic nitrogens is 3. The van der Waals surface area contributed by atoms with E-state index in [1.54, 1.807) is 0 Å². The van der Waals surface area contributed by atoms with Gasteiger partial charge in [-0.25, -0.2) is 9.97 Å². The Bertz CT molecular complexity index is 3240. The van der Waals surface area contributed by atoms with Gasteiger partial charge in [0.2, 0.25) is 0 Å². The lowest BCUT2D eigenvalue weighted by molar-refractivity contribution is 1.18. The Hall–Kier alpha value is -7.36. The summed E-state index contributed by atoms with van der Waals surface area (Å²) in [6, 6.07) is 71.4. The molecule has 2 aromatic heterocycles. The fraction of sp³-hybridized carbons (Fsp3) is 0. The average Bonchev–Trinajstić information content (AvgIpc) is 3.61. The minimum absolute atomic E-state index is 0.845. The van der Waals surface area contributed by atoms with Gasteiger partial charge in [-0.1, -0.05) is 164 Å². The lowest BCUT2D eigenvalue weighted by Crippen LogP contribution is -1.99. The van der Waals surface area contributed by atoms with Crippen LogP contribution in [0.5, 0.6) is 0 Å². The van der Waals surface area contributed by atoms with Crippen LogP contribution in [0.2, 0.25) is 0 Å². The molecule has 0 atom stereocenters. The molecule has 3 nitrogen and oxygen atoms in total. The molecule has 55 heavy (non-hydrogen) atoms. The molecule has 0 saturated carbocycles. The first kappa shape index (κ1) is 31.2. The maximum absolute atomic E-state index is 5.48. The molecule has 0 N–H and O–H groups in total. The van der Waals surface area contributed by atoms with Gasteiger partial charge < -0.3 is 4.57 Å². The molecule has 256 valence electrons. The Morgan fingerprint density at radius 1 is 0.327 bits per heavy atom. The summed E-state index contributed by atoms with van der Waals surface area (Å²) in [5.41, 5.74) is 13.6. The second kappa shape index (κ2) is 12.6. The van der Waals surface area contributed by atoms with Crippen LogP contribution in [0, 0.1) is 0 Å². The largest absolute Gasteiger partial charge is 0.309 e. The predicted octanol–water partition coefficient (Wildman–Crippen LogP) is 13.7. The van der Waals surface area contributed by atoms with Gasteiger partial charge in [0.25, 0.3) is 0 Å². The highest BCUT2D eigenvalue weighted by Gasteiger charge is 2.21. The van der Waals surface area contributed by atoms with E-state index in [1.807, 2.05) is 6.07 Å². The van der Waals surface area contributed by atoms with Crippen LogP contribution in [0.3, 0.4) is 0 Å². The van der Waals surface area contributed by atoms with Crippen molar-refractivity contribution in [1.29, 1.82) is 0 Å². The smallest absolute Gasteiger partial charge is 0.0973 e. The third-order valence-corrected chi connectivity index (χ3v) is 10.9. The van der Waals surface area contributed by atoms with E-state index in [2.05, 4.69) is 199 Å². The van der Waals surface area contributed by atoms with Crippen molar-refractivity contribution in [3.63, 3.8) is 0 Å². The van der Waals surface area contributed by atoms with Crippen LogP contribution in [0.15, 0.2) is 200 Å². The molecule has 0 unspecified atom stereocenters. The van der Waals surface area contributed by atoms with Crippen molar-refractivity contribution in [3.8, 4) is 50.5 Å². The summed E-state index contributed by atoms with van der Waals surface area (Å²) in [5.74, 6) is 0. The van der Waals surface area contributed by atoms with Gasteiger partial charge in [-0.2, -0.15) is 0 Å². The minimum atomic E-state index is 0.845. The summed E-state index contributed by atoms with van der Waals surface area (Å²) in [6.45, 7) is 0. The third-order valence-electron chi connectivity index (χ3n) is 10.9. The number of fused-ring (bicyclic) bond motifs is 8. The number of benzene rings is 9. The predicted molar refractivity (Wildman–Crippen MR) is 231 cm³/mol. The van der Waals surface area contributed by atoms with E-state index in [9.17, 15) is 0 Å². The standard InChI is InChI=1S/C52H33N3/c1-4-15-34(16-5-1)38-22-14-23-39(31-38)52-51(37-20-8-3-9-21-37)53-45-29-28-40(32-46(45)54-52)55-47-30-27-36-19-10-11-24-41(36)49(47)50-43-26-13-12-25-42(43)44(33-48(50)55)35-17-6-2-7-18-35/h1-33H. The van der Waals surface area contributed by atoms with Gasteiger partial charge in [-0.05, 0) is 80.2 Å².